The second kappa shape index (κ2) is 7.70. The number of benzene rings is 1. The minimum Gasteiger partial charge on any atom is -0.497 e. The van der Waals surface area contributed by atoms with Crippen molar-refractivity contribution in [3.05, 3.63) is 51.9 Å². The molecule has 0 atom stereocenters. The molecule has 5 aromatic rings. The number of methoxy groups -OCH3 is 1. The number of thiophene rings is 1. The van der Waals surface area contributed by atoms with E-state index in [-0.39, 0.29) is 5.56 Å². The van der Waals surface area contributed by atoms with Crippen LogP contribution in [-0.4, -0.2) is 36.5 Å². The van der Waals surface area contributed by atoms with Crippen molar-refractivity contribution in [1.82, 2.24) is 29.4 Å². The maximum absolute atomic E-state index is 12.4. The van der Waals surface area contributed by atoms with Gasteiger partial charge in [0.1, 0.15) is 16.3 Å². The minimum absolute atomic E-state index is 0.0588. The molecule has 0 bridgehead atoms. The number of nitrogens with one attached hydrogen (secondary N) is 1. The molecule has 12 heteroatoms. The molecule has 1 N–H and O–H groups in total. The van der Waals surface area contributed by atoms with Crippen LogP contribution in [0.15, 0.2) is 44.8 Å². The lowest BCUT2D eigenvalue weighted by Gasteiger charge is -2.04. The highest BCUT2D eigenvalue weighted by molar-refractivity contribution is 8.00. The van der Waals surface area contributed by atoms with E-state index >= 15 is 0 Å². The van der Waals surface area contributed by atoms with E-state index in [0.717, 1.165) is 27.1 Å². The molecule has 0 unspecified atom stereocenters. The van der Waals surface area contributed by atoms with E-state index in [1.807, 2.05) is 40.1 Å². The summed E-state index contributed by atoms with van der Waals surface area (Å²) in [5, 5.41) is 22.8. The molecular formula is C18H15N7O2S3. The highest BCUT2D eigenvalue weighted by Crippen LogP contribution is 2.31. The van der Waals surface area contributed by atoms with Gasteiger partial charge in [0.15, 0.2) is 4.34 Å². The zero-order valence-electron chi connectivity index (χ0n) is 15.9. The van der Waals surface area contributed by atoms with E-state index in [1.54, 1.807) is 14.2 Å². The molecule has 0 aliphatic heterocycles. The van der Waals surface area contributed by atoms with Crippen LogP contribution in [0.25, 0.3) is 16.0 Å². The van der Waals surface area contributed by atoms with Crippen LogP contribution in [0.4, 0.5) is 10.8 Å². The van der Waals surface area contributed by atoms with Gasteiger partial charge >= 0.3 is 0 Å². The summed E-state index contributed by atoms with van der Waals surface area (Å²) in [5.41, 5.74) is 1.65. The maximum Gasteiger partial charge on any atom is 0.272 e. The first-order valence-corrected chi connectivity index (χ1v) is 11.5. The third-order valence-electron chi connectivity index (χ3n) is 4.45. The molecule has 0 saturated heterocycles. The molecule has 5 rings (SSSR count). The van der Waals surface area contributed by atoms with Crippen molar-refractivity contribution < 1.29 is 4.74 Å². The molecule has 0 radical (unpaired) electrons. The molecule has 30 heavy (non-hydrogen) atoms. The fraction of sp³-hybridized carbons (Fsp3) is 0.167. The van der Waals surface area contributed by atoms with Gasteiger partial charge in [0.25, 0.3) is 5.56 Å². The van der Waals surface area contributed by atoms with Gasteiger partial charge < -0.3 is 10.1 Å². The quantitative estimate of drug-likeness (QED) is 0.387. The second-order valence-electron chi connectivity index (χ2n) is 6.27. The first-order valence-electron chi connectivity index (χ1n) is 8.81. The molecule has 4 heterocycles. The van der Waals surface area contributed by atoms with Crippen molar-refractivity contribution in [2.45, 2.75) is 10.1 Å². The largest absolute Gasteiger partial charge is 0.497 e. The number of aromatic nitrogens is 6. The van der Waals surface area contributed by atoms with Gasteiger partial charge in [0.05, 0.1) is 18.4 Å². The predicted octanol–water partition coefficient (Wildman–Crippen LogP) is 3.54. The fourth-order valence-corrected chi connectivity index (χ4v) is 5.55. The zero-order valence-corrected chi connectivity index (χ0v) is 18.3. The normalized spacial score (nSPS) is 11.4. The smallest absolute Gasteiger partial charge is 0.272 e. The van der Waals surface area contributed by atoms with Crippen LogP contribution >= 0.6 is 34.4 Å². The first-order chi connectivity index (χ1) is 14.6. The number of hydrogen-bond donors (Lipinski definition) is 1. The summed E-state index contributed by atoms with van der Waals surface area (Å²) in [4.78, 5) is 12.4. The van der Waals surface area contributed by atoms with Gasteiger partial charge in [-0.15, -0.1) is 31.7 Å². The Morgan fingerprint density at radius 2 is 2.10 bits per heavy atom. The topological polar surface area (TPSA) is 99.2 Å². The highest BCUT2D eigenvalue weighted by Gasteiger charge is 2.16. The summed E-state index contributed by atoms with van der Waals surface area (Å²) in [5.74, 6) is 2.61. The summed E-state index contributed by atoms with van der Waals surface area (Å²) in [6.45, 7) is 0. The van der Waals surface area contributed by atoms with Crippen molar-refractivity contribution in [2.75, 3.05) is 12.4 Å². The number of ether oxygens (including phenoxy) is 1. The van der Waals surface area contributed by atoms with Crippen LogP contribution in [0.1, 0.15) is 5.82 Å². The van der Waals surface area contributed by atoms with Gasteiger partial charge in [-0.2, -0.15) is 0 Å². The molecule has 0 saturated carbocycles. The summed E-state index contributed by atoms with van der Waals surface area (Å²) >= 11 is 4.41. The summed E-state index contributed by atoms with van der Waals surface area (Å²) in [6.07, 6.45) is 0. The Morgan fingerprint density at radius 1 is 1.20 bits per heavy atom. The number of fused-ring (bicyclic) bond motifs is 3. The van der Waals surface area contributed by atoms with Crippen molar-refractivity contribution in [3.8, 4) is 5.75 Å². The van der Waals surface area contributed by atoms with E-state index in [4.69, 9.17) is 4.74 Å². The molecule has 0 aliphatic rings. The Kier molecular flexibility index (Phi) is 4.89. The van der Waals surface area contributed by atoms with E-state index in [9.17, 15) is 4.79 Å². The van der Waals surface area contributed by atoms with E-state index < -0.39 is 0 Å². The lowest BCUT2D eigenvalue weighted by atomic mass is 10.3. The number of thioether (sulfide) groups is 1. The Bertz CT molecular complexity index is 1420. The standard InChI is InChI=1S/C18H15N7O2S3/c1-24-15(26)14-12(6-7-28-14)25-13(20-22-17(24)25)9-29-18-23-21-16(30-18)19-10-4-3-5-11(8-10)27-2/h3-8H,9H2,1-2H3,(H,19,21). The van der Waals surface area contributed by atoms with Gasteiger partial charge in [0.2, 0.25) is 10.9 Å². The average molecular weight is 458 g/mol. The third kappa shape index (κ3) is 3.32. The minimum atomic E-state index is -0.0588. The SMILES string of the molecule is COc1cccc(Nc2nnc(SCc3nnc4n(C)c(=O)c5sccc5n34)s2)c1. The predicted molar refractivity (Wildman–Crippen MR) is 119 cm³/mol. The summed E-state index contributed by atoms with van der Waals surface area (Å²) in [6, 6.07) is 9.55. The van der Waals surface area contributed by atoms with Gasteiger partial charge in [-0.25, -0.2) is 0 Å². The molecule has 4 aromatic heterocycles. The number of rotatable bonds is 6. The first kappa shape index (κ1) is 19.0. The van der Waals surface area contributed by atoms with Gasteiger partial charge in [-0.1, -0.05) is 29.2 Å². The molecular weight excluding hydrogens is 442 g/mol. The van der Waals surface area contributed by atoms with Gasteiger partial charge in [-0.05, 0) is 23.6 Å². The third-order valence-corrected chi connectivity index (χ3v) is 7.31. The molecule has 0 spiro atoms. The van der Waals surface area contributed by atoms with Crippen molar-refractivity contribution in [2.24, 2.45) is 7.05 Å². The Balaban J connectivity index is 1.37. The van der Waals surface area contributed by atoms with Crippen molar-refractivity contribution >= 4 is 61.2 Å². The van der Waals surface area contributed by atoms with Crippen LogP contribution in [0.3, 0.4) is 0 Å². The van der Waals surface area contributed by atoms with Gasteiger partial charge in [0, 0.05) is 18.8 Å². The molecule has 0 fully saturated rings. The highest BCUT2D eigenvalue weighted by atomic mass is 32.2. The number of anilines is 2. The van der Waals surface area contributed by atoms with Crippen LogP contribution in [-0.2, 0) is 12.8 Å². The average Bonchev–Trinajstić information content (AvgIpc) is 3.50. The zero-order chi connectivity index (χ0) is 20.7. The van der Waals surface area contributed by atoms with Gasteiger partial charge in [-0.3, -0.25) is 13.8 Å². The molecule has 0 amide bonds. The molecule has 0 aliphatic carbocycles. The molecule has 1 aromatic carbocycles. The number of hydrogen-bond acceptors (Lipinski definition) is 10. The lowest BCUT2D eigenvalue weighted by Crippen LogP contribution is -2.19. The van der Waals surface area contributed by atoms with Crippen LogP contribution in [0, 0.1) is 0 Å². The second-order valence-corrected chi connectivity index (χ2v) is 9.39. The fourth-order valence-electron chi connectivity index (χ4n) is 3.02. The van der Waals surface area contributed by atoms with E-state index in [1.165, 1.54) is 39.0 Å². The van der Waals surface area contributed by atoms with E-state index in [0.29, 0.717) is 21.4 Å². The van der Waals surface area contributed by atoms with Crippen molar-refractivity contribution in [3.63, 3.8) is 0 Å². The van der Waals surface area contributed by atoms with E-state index in [2.05, 4.69) is 25.7 Å². The van der Waals surface area contributed by atoms with Crippen LogP contribution < -0.4 is 15.6 Å². The summed E-state index contributed by atoms with van der Waals surface area (Å²) < 4.78 is 10.2. The summed E-state index contributed by atoms with van der Waals surface area (Å²) in [7, 11) is 3.35. The van der Waals surface area contributed by atoms with Crippen LogP contribution in [0.5, 0.6) is 5.75 Å². The number of aryl methyl sites for hydroxylation is 1. The Hall–Kier alpha value is -2.96. The molecule has 9 nitrogen and oxygen atoms in total. The van der Waals surface area contributed by atoms with Crippen LogP contribution in [0.2, 0.25) is 0 Å². The molecule has 152 valence electrons. The maximum atomic E-state index is 12.4. The lowest BCUT2D eigenvalue weighted by molar-refractivity contribution is 0.415. The Morgan fingerprint density at radius 3 is 2.97 bits per heavy atom. The Labute approximate surface area is 182 Å². The monoisotopic (exact) mass is 457 g/mol. The van der Waals surface area contributed by atoms with Crippen molar-refractivity contribution in [1.29, 1.82) is 0 Å². The number of nitrogens with zero attached hydrogens (tertiary/aromatic N) is 6.